The molecule has 0 bridgehead atoms. The van der Waals surface area contributed by atoms with Gasteiger partial charge < -0.3 is 10.1 Å². The predicted molar refractivity (Wildman–Crippen MR) is 93.0 cm³/mol. The van der Waals surface area contributed by atoms with Crippen molar-refractivity contribution in [1.29, 1.82) is 0 Å². The topological polar surface area (TPSA) is 70.7 Å². The molecule has 1 aliphatic heterocycles. The average molecular weight is 354 g/mol. The van der Waals surface area contributed by atoms with Crippen LogP contribution in [0.15, 0.2) is 24.3 Å². The Kier molecular flexibility index (Phi) is 6.21. The number of nitrogens with one attached hydrogen (secondary N) is 2. The van der Waals surface area contributed by atoms with E-state index in [-0.39, 0.29) is 24.1 Å². The van der Waals surface area contributed by atoms with E-state index in [1.54, 1.807) is 0 Å². The lowest BCUT2D eigenvalue weighted by molar-refractivity contribution is -0.123. The number of ether oxygens (including phenoxy) is 1. The summed E-state index contributed by atoms with van der Waals surface area (Å²) < 4.78 is 5.77. The van der Waals surface area contributed by atoms with Gasteiger partial charge in [-0.3, -0.25) is 15.0 Å². The molecule has 24 heavy (non-hydrogen) atoms. The van der Waals surface area contributed by atoms with Crippen LogP contribution in [0.3, 0.4) is 0 Å². The normalized spacial score (nSPS) is 18.9. The first-order valence-electron chi connectivity index (χ1n) is 7.94. The van der Waals surface area contributed by atoms with Crippen molar-refractivity contribution in [3.8, 4) is 0 Å². The molecule has 0 spiro atoms. The summed E-state index contributed by atoms with van der Waals surface area (Å²) in [5.41, 5.74) is 0.637. The van der Waals surface area contributed by atoms with Crippen LogP contribution in [-0.2, 0) is 9.53 Å². The molecule has 1 aliphatic rings. The Hall–Kier alpha value is -1.63. The van der Waals surface area contributed by atoms with E-state index in [0.717, 1.165) is 5.56 Å². The van der Waals surface area contributed by atoms with Gasteiger partial charge in [-0.05, 0) is 38.5 Å². The highest BCUT2D eigenvalue weighted by molar-refractivity contribution is 6.30. The van der Waals surface area contributed by atoms with Crippen molar-refractivity contribution in [1.82, 2.24) is 15.5 Å². The van der Waals surface area contributed by atoms with Gasteiger partial charge >= 0.3 is 6.03 Å². The molecule has 0 aliphatic carbocycles. The summed E-state index contributed by atoms with van der Waals surface area (Å²) in [7, 11) is 0. The maximum Gasteiger partial charge on any atom is 0.321 e. The molecular weight excluding hydrogens is 330 g/mol. The van der Waals surface area contributed by atoms with E-state index in [0.29, 0.717) is 24.7 Å². The molecule has 1 atom stereocenters. The minimum absolute atomic E-state index is 0.104. The Morgan fingerprint density at radius 1 is 1.29 bits per heavy atom. The van der Waals surface area contributed by atoms with Gasteiger partial charge in [0.1, 0.15) is 0 Å². The van der Waals surface area contributed by atoms with Crippen LogP contribution in [0.2, 0.25) is 5.02 Å². The van der Waals surface area contributed by atoms with Crippen molar-refractivity contribution in [2.45, 2.75) is 32.4 Å². The number of nitrogens with zero attached hydrogens (tertiary/aromatic N) is 1. The van der Waals surface area contributed by atoms with Crippen molar-refractivity contribution in [2.24, 2.45) is 0 Å². The van der Waals surface area contributed by atoms with E-state index >= 15 is 0 Å². The lowest BCUT2D eigenvalue weighted by atomic mass is 10.1. The van der Waals surface area contributed by atoms with Crippen LogP contribution in [-0.4, -0.2) is 48.6 Å². The van der Waals surface area contributed by atoms with E-state index in [1.165, 1.54) is 0 Å². The largest absolute Gasteiger partial charge is 0.371 e. The van der Waals surface area contributed by atoms with Gasteiger partial charge in [-0.1, -0.05) is 23.7 Å². The number of imide groups is 1. The second-order valence-electron chi connectivity index (χ2n) is 6.90. The molecule has 7 heteroatoms. The number of carbonyl (C=O) groups is 2. The molecule has 2 rings (SSSR count). The van der Waals surface area contributed by atoms with Crippen molar-refractivity contribution in [3.05, 3.63) is 34.9 Å². The Balaban J connectivity index is 1.85. The fourth-order valence-corrected chi connectivity index (χ4v) is 2.59. The zero-order valence-corrected chi connectivity index (χ0v) is 15.0. The van der Waals surface area contributed by atoms with Crippen molar-refractivity contribution in [3.63, 3.8) is 0 Å². The van der Waals surface area contributed by atoms with Gasteiger partial charge in [0.15, 0.2) is 0 Å². The number of rotatable bonds is 3. The highest BCUT2D eigenvalue weighted by atomic mass is 35.5. The van der Waals surface area contributed by atoms with Gasteiger partial charge in [0.05, 0.1) is 19.3 Å². The van der Waals surface area contributed by atoms with Gasteiger partial charge in [0.2, 0.25) is 5.91 Å². The molecule has 132 valence electrons. The molecule has 2 N–H and O–H groups in total. The maximum absolute atomic E-state index is 12.0. The Morgan fingerprint density at radius 3 is 2.58 bits per heavy atom. The van der Waals surface area contributed by atoms with Gasteiger partial charge in [-0.15, -0.1) is 0 Å². The molecular formula is C17H24ClN3O3. The number of hydrogen-bond acceptors (Lipinski definition) is 4. The van der Waals surface area contributed by atoms with Crippen molar-refractivity contribution < 1.29 is 14.3 Å². The Morgan fingerprint density at radius 2 is 1.96 bits per heavy atom. The number of halogens is 1. The van der Waals surface area contributed by atoms with Crippen LogP contribution in [0.4, 0.5) is 4.79 Å². The lowest BCUT2D eigenvalue weighted by Gasteiger charge is -2.32. The van der Waals surface area contributed by atoms with Gasteiger partial charge in [0.25, 0.3) is 0 Å². The predicted octanol–water partition coefficient (Wildman–Crippen LogP) is 2.34. The first kappa shape index (κ1) is 18.7. The summed E-state index contributed by atoms with van der Waals surface area (Å²) in [6.07, 6.45) is -0.104. The zero-order chi connectivity index (χ0) is 17.7. The van der Waals surface area contributed by atoms with E-state index in [9.17, 15) is 9.59 Å². The van der Waals surface area contributed by atoms with E-state index < -0.39 is 6.03 Å². The molecule has 1 unspecified atom stereocenters. The number of amides is 3. The van der Waals surface area contributed by atoms with Gasteiger partial charge in [-0.2, -0.15) is 0 Å². The molecule has 0 radical (unpaired) electrons. The second-order valence-corrected chi connectivity index (χ2v) is 7.33. The Labute approximate surface area is 147 Å². The summed E-state index contributed by atoms with van der Waals surface area (Å²) >= 11 is 5.90. The third kappa shape index (κ3) is 6.11. The minimum atomic E-state index is -0.477. The van der Waals surface area contributed by atoms with Crippen LogP contribution >= 0.6 is 11.6 Å². The molecule has 1 saturated heterocycles. The standard InChI is InChI=1S/C17H24ClN3O3/c1-17(2,3)20-16(23)19-15(22)11-21-8-9-24-14(10-21)12-4-6-13(18)7-5-12/h4-7,14H,8-11H2,1-3H3,(H2,19,20,22,23). The van der Waals surface area contributed by atoms with Crippen molar-refractivity contribution >= 4 is 23.5 Å². The first-order chi connectivity index (χ1) is 11.2. The molecule has 6 nitrogen and oxygen atoms in total. The highest BCUT2D eigenvalue weighted by Crippen LogP contribution is 2.23. The summed E-state index contributed by atoms with van der Waals surface area (Å²) in [5, 5.41) is 5.73. The fraction of sp³-hybridized carbons (Fsp3) is 0.529. The number of carbonyl (C=O) groups excluding carboxylic acids is 2. The quantitative estimate of drug-likeness (QED) is 0.875. The molecule has 1 aromatic rings. The second kappa shape index (κ2) is 7.96. The summed E-state index contributed by atoms with van der Waals surface area (Å²) in [4.78, 5) is 25.7. The molecule has 0 saturated carbocycles. The van der Waals surface area contributed by atoms with Gasteiger partial charge in [-0.25, -0.2) is 4.79 Å². The summed E-state index contributed by atoms with van der Waals surface area (Å²) in [6.45, 7) is 7.51. The average Bonchev–Trinajstić information content (AvgIpc) is 2.45. The highest BCUT2D eigenvalue weighted by Gasteiger charge is 2.24. The van der Waals surface area contributed by atoms with E-state index in [2.05, 4.69) is 10.6 Å². The van der Waals surface area contributed by atoms with Crippen LogP contribution in [0.1, 0.15) is 32.4 Å². The van der Waals surface area contributed by atoms with Crippen LogP contribution < -0.4 is 10.6 Å². The number of benzene rings is 1. The molecule has 1 heterocycles. The summed E-state index contributed by atoms with van der Waals surface area (Å²) in [5.74, 6) is -0.325. The number of urea groups is 1. The maximum atomic E-state index is 12.0. The van der Waals surface area contributed by atoms with Crippen LogP contribution in [0, 0.1) is 0 Å². The first-order valence-corrected chi connectivity index (χ1v) is 8.32. The number of morpholine rings is 1. The lowest BCUT2D eigenvalue weighted by Crippen LogP contribution is -2.51. The zero-order valence-electron chi connectivity index (χ0n) is 14.3. The molecule has 3 amide bonds. The molecule has 1 aromatic carbocycles. The summed E-state index contributed by atoms with van der Waals surface area (Å²) in [6, 6.07) is 7.02. The van der Waals surface area contributed by atoms with Crippen molar-refractivity contribution in [2.75, 3.05) is 26.2 Å². The SMILES string of the molecule is CC(C)(C)NC(=O)NC(=O)CN1CCOC(c2ccc(Cl)cc2)C1. The van der Waals surface area contributed by atoms with E-state index in [1.807, 2.05) is 49.9 Å². The van der Waals surface area contributed by atoms with E-state index in [4.69, 9.17) is 16.3 Å². The molecule has 1 fully saturated rings. The smallest absolute Gasteiger partial charge is 0.321 e. The van der Waals surface area contributed by atoms with Crippen LogP contribution in [0.25, 0.3) is 0 Å². The third-order valence-corrected chi connectivity index (χ3v) is 3.75. The third-order valence-electron chi connectivity index (χ3n) is 3.50. The minimum Gasteiger partial charge on any atom is -0.371 e. The monoisotopic (exact) mass is 353 g/mol. The van der Waals surface area contributed by atoms with Crippen LogP contribution in [0.5, 0.6) is 0 Å². The Bertz CT molecular complexity index is 584. The number of hydrogen-bond donors (Lipinski definition) is 2. The molecule has 0 aromatic heterocycles. The fourth-order valence-electron chi connectivity index (χ4n) is 2.47. The van der Waals surface area contributed by atoms with Gasteiger partial charge in [0, 0.05) is 23.7 Å².